The number of halogens is 4. The number of benzene rings is 1. The Hall–Kier alpha value is -2.70. The van der Waals surface area contributed by atoms with Gasteiger partial charge in [-0.15, -0.1) is 0 Å². The molecule has 1 aliphatic heterocycles. The average molecular weight is 381 g/mol. The van der Waals surface area contributed by atoms with Crippen LogP contribution in [0.1, 0.15) is 18.2 Å². The van der Waals surface area contributed by atoms with Crippen LogP contribution in [0, 0.1) is 17.1 Å². The van der Waals surface area contributed by atoms with Gasteiger partial charge in [-0.05, 0) is 37.3 Å². The molecule has 0 saturated carbocycles. The molecule has 2 atom stereocenters. The van der Waals surface area contributed by atoms with E-state index in [1.807, 2.05) is 6.07 Å². The van der Waals surface area contributed by atoms with Gasteiger partial charge in [0.05, 0.1) is 11.8 Å². The molecule has 0 amide bonds. The first-order valence-corrected chi connectivity index (χ1v) is 7.91. The summed E-state index contributed by atoms with van der Waals surface area (Å²) in [5, 5.41) is 19.7. The number of pyridine rings is 1. The highest BCUT2D eigenvalue weighted by Crippen LogP contribution is 2.47. The SMILES string of the molecule is C[C@]1(C#N)COc2c1cc([C@@](O)(CN)C(F)(F)F)nc2-c1ccc(F)cc1. The lowest BCUT2D eigenvalue weighted by Crippen LogP contribution is -2.49. The van der Waals surface area contributed by atoms with E-state index in [1.165, 1.54) is 19.1 Å². The standard InChI is InChI=1S/C18H15F4N3O2/c1-16(7-23)9-27-15-12(16)6-13(17(26,8-24)18(20,21)22)25-14(15)10-2-4-11(19)5-3-10/h2-6,26H,8-9,24H2,1H3/t16-,17-/m0/s1. The van der Waals surface area contributed by atoms with E-state index in [0.717, 1.165) is 18.2 Å². The van der Waals surface area contributed by atoms with Gasteiger partial charge in [0.1, 0.15) is 23.5 Å². The third-order valence-electron chi connectivity index (χ3n) is 4.63. The van der Waals surface area contributed by atoms with E-state index >= 15 is 0 Å². The topological polar surface area (TPSA) is 92.2 Å². The van der Waals surface area contributed by atoms with Gasteiger partial charge in [-0.3, -0.25) is 0 Å². The Kier molecular flexibility index (Phi) is 4.37. The zero-order valence-electron chi connectivity index (χ0n) is 14.1. The molecule has 142 valence electrons. The van der Waals surface area contributed by atoms with Gasteiger partial charge in [-0.2, -0.15) is 18.4 Å². The minimum atomic E-state index is -5.09. The van der Waals surface area contributed by atoms with Crippen LogP contribution in [0.25, 0.3) is 11.3 Å². The lowest BCUT2D eigenvalue weighted by molar-refractivity contribution is -0.263. The number of nitrogens with zero attached hydrogens (tertiary/aromatic N) is 2. The van der Waals surface area contributed by atoms with E-state index in [9.17, 15) is 27.9 Å². The van der Waals surface area contributed by atoms with Crippen molar-refractivity contribution < 1.29 is 27.4 Å². The number of fused-ring (bicyclic) bond motifs is 1. The van der Waals surface area contributed by atoms with E-state index in [4.69, 9.17) is 10.5 Å². The molecule has 1 aromatic carbocycles. The Morgan fingerprint density at radius 1 is 1.33 bits per heavy atom. The van der Waals surface area contributed by atoms with Crippen molar-refractivity contribution in [2.75, 3.05) is 13.2 Å². The molecule has 3 N–H and O–H groups in total. The number of ether oxygens (including phenoxy) is 1. The second kappa shape index (κ2) is 6.18. The summed E-state index contributed by atoms with van der Waals surface area (Å²) in [6, 6.07) is 7.89. The minimum absolute atomic E-state index is 0.0300. The lowest BCUT2D eigenvalue weighted by atomic mass is 9.83. The maximum atomic E-state index is 13.5. The summed E-state index contributed by atoms with van der Waals surface area (Å²) in [7, 11) is 0. The van der Waals surface area contributed by atoms with Gasteiger partial charge >= 0.3 is 6.18 Å². The molecule has 1 aliphatic rings. The van der Waals surface area contributed by atoms with Gasteiger partial charge in [-0.25, -0.2) is 9.37 Å². The highest BCUT2D eigenvalue weighted by atomic mass is 19.4. The van der Waals surface area contributed by atoms with E-state index in [-0.39, 0.29) is 29.2 Å². The normalized spacial score (nSPS) is 21.1. The number of hydrogen-bond donors (Lipinski definition) is 2. The Bertz CT molecular complexity index is 924. The zero-order chi connectivity index (χ0) is 20.0. The molecule has 0 fully saturated rings. The van der Waals surface area contributed by atoms with E-state index < -0.39 is 35.2 Å². The first-order valence-electron chi connectivity index (χ1n) is 7.91. The van der Waals surface area contributed by atoms with Crippen molar-refractivity contribution in [1.82, 2.24) is 4.98 Å². The molecule has 5 nitrogen and oxygen atoms in total. The van der Waals surface area contributed by atoms with Gasteiger partial charge in [0.25, 0.3) is 0 Å². The Morgan fingerprint density at radius 3 is 2.48 bits per heavy atom. The van der Waals surface area contributed by atoms with Crippen LogP contribution in [0.2, 0.25) is 0 Å². The predicted octanol–water partition coefficient (Wildman–Crippen LogP) is 2.77. The van der Waals surface area contributed by atoms with Crippen LogP contribution in [0.4, 0.5) is 17.6 Å². The summed E-state index contributed by atoms with van der Waals surface area (Å²) in [5.41, 5.74) is 0.239. The maximum absolute atomic E-state index is 13.5. The largest absolute Gasteiger partial charge is 0.489 e. The van der Waals surface area contributed by atoms with Crippen LogP contribution in [0.3, 0.4) is 0 Å². The maximum Gasteiger partial charge on any atom is 0.424 e. The van der Waals surface area contributed by atoms with Crippen LogP contribution in [-0.4, -0.2) is 29.4 Å². The molecule has 2 heterocycles. The fourth-order valence-corrected chi connectivity index (χ4v) is 2.86. The molecule has 0 radical (unpaired) electrons. The molecule has 3 rings (SSSR count). The fraction of sp³-hybridized carbons (Fsp3) is 0.333. The van der Waals surface area contributed by atoms with Gasteiger partial charge in [0.15, 0.2) is 5.75 Å². The number of nitriles is 1. The summed E-state index contributed by atoms with van der Waals surface area (Å²) >= 11 is 0. The summed E-state index contributed by atoms with van der Waals surface area (Å²) in [5.74, 6) is -0.418. The van der Waals surface area contributed by atoms with Gasteiger partial charge in [0.2, 0.25) is 5.60 Å². The molecule has 0 unspecified atom stereocenters. The highest BCUT2D eigenvalue weighted by Gasteiger charge is 2.56. The first kappa shape index (κ1) is 19.1. The van der Waals surface area contributed by atoms with Gasteiger partial charge < -0.3 is 15.6 Å². The Labute approximate surface area is 152 Å². The van der Waals surface area contributed by atoms with Gasteiger partial charge in [-0.1, -0.05) is 0 Å². The molecule has 0 spiro atoms. The van der Waals surface area contributed by atoms with Crippen molar-refractivity contribution in [3.05, 3.63) is 47.4 Å². The second-order valence-corrected chi connectivity index (χ2v) is 6.53. The van der Waals surface area contributed by atoms with E-state index in [0.29, 0.717) is 0 Å². The summed E-state index contributed by atoms with van der Waals surface area (Å²) in [6.45, 7) is 0.257. The molecule has 1 aromatic heterocycles. The van der Waals surface area contributed by atoms with Crippen molar-refractivity contribution in [3.63, 3.8) is 0 Å². The number of aromatic nitrogens is 1. The van der Waals surface area contributed by atoms with Crippen molar-refractivity contribution in [1.29, 1.82) is 5.26 Å². The minimum Gasteiger partial charge on any atom is -0.489 e. The zero-order valence-corrected chi connectivity index (χ0v) is 14.1. The Morgan fingerprint density at radius 2 is 1.96 bits per heavy atom. The third kappa shape index (κ3) is 2.91. The van der Waals surface area contributed by atoms with Crippen LogP contribution in [-0.2, 0) is 11.0 Å². The summed E-state index contributed by atoms with van der Waals surface area (Å²) in [6.07, 6.45) is -5.09. The summed E-state index contributed by atoms with van der Waals surface area (Å²) in [4.78, 5) is 3.95. The molecular weight excluding hydrogens is 366 g/mol. The average Bonchev–Trinajstić information content (AvgIpc) is 2.98. The molecule has 0 aliphatic carbocycles. The van der Waals surface area contributed by atoms with Crippen molar-refractivity contribution in [2.45, 2.75) is 24.1 Å². The molecule has 0 bridgehead atoms. The predicted molar refractivity (Wildman–Crippen MR) is 87.1 cm³/mol. The van der Waals surface area contributed by atoms with Gasteiger partial charge in [0, 0.05) is 17.7 Å². The highest BCUT2D eigenvalue weighted by molar-refractivity contribution is 5.71. The van der Waals surface area contributed by atoms with Crippen LogP contribution in [0.5, 0.6) is 5.75 Å². The molecule has 2 aromatic rings. The van der Waals surface area contributed by atoms with Crippen LogP contribution in [0.15, 0.2) is 30.3 Å². The van der Waals surface area contributed by atoms with E-state index in [1.54, 1.807) is 0 Å². The quantitative estimate of drug-likeness (QED) is 0.798. The lowest BCUT2D eigenvalue weighted by Gasteiger charge is -2.29. The van der Waals surface area contributed by atoms with E-state index in [2.05, 4.69) is 4.98 Å². The molecular formula is C18H15F4N3O2. The van der Waals surface area contributed by atoms with Crippen LogP contribution >= 0.6 is 0 Å². The first-order chi connectivity index (χ1) is 12.6. The molecule has 0 saturated heterocycles. The molecule has 9 heteroatoms. The Balaban J connectivity index is 2.32. The number of nitrogens with two attached hydrogens (primary N) is 1. The van der Waals surface area contributed by atoms with Crippen molar-refractivity contribution >= 4 is 0 Å². The summed E-state index contributed by atoms with van der Waals surface area (Å²) < 4.78 is 59.2. The number of hydrogen-bond acceptors (Lipinski definition) is 5. The smallest absolute Gasteiger partial charge is 0.424 e. The van der Waals surface area contributed by atoms with Crippen molar-refractivity contribution in [3.8, 4) is 23.1 Å². The number of alkyl halides is 3. The second-order valence-electron chi connectivity index (χ2n) is 6.53. The molecule has 27 heavy (non-hydrogen) atoms. The van der Waals surface area contributed by atoms with Crippen LogP contribution < -0.4 is 10.5 Å². The van der Waals surface area contributed by atoms with Crippen molar-refractivity contribution in [2.24, 2.45) is 5.73 Å². The fourth-order valence-electron chi connectivity index (χ4n) is 2.86. The number of aliphatic hydroxyl groups is 1. The number of rotatable bonds is 3. The third-order valence-corrected chi connectivity index (χ3v) is 4.63. The monoisotopic (exact) mass is 381 g/mol.